The number of thioether (sulfide) groups is 1. The molecular weight excluding hydrogens is 301 g/mol. The minimum atomic E-state index is -4.42. The molecule has 1 aromatic carbocycles. The minimum absolute atomic E-state index is 0.0273. The number of nitrogen functional groups attached to an aromatic ring is 1. The lowest BCUT2D eigenvalue weighted by molar-refractivity contribution is -0.137. The summed E-state index contributed by atoms with van der Waals surface area (Å²) >= 11 is 1.12. The lowest BCUT2D eigenvalue weighted by atomic mass is 10.1. The molecular formula is C14H19F3N2OS. The van der Waals surface area contributed by atoms with Crippen LogP contribution in [0.3, 0.4) is 0 Å². The number of hydrogen-bond donors (Lipinski definition) is 2. The number of hydrogen-bond acceptors (Lipinski definition) is 3. The fraction of sp³-hybridized carbons (Fsp3) is 0.500. The number of nitrogens with two attached hydrogens (primary N) is 1. The van der Waals surface area contributed by atoms with E-state index in [0.29, 0.717) is 10.8 Å². The Hall–Kier alpha value is -1.37. The highest BCUT2D eigenvalue weighted by molar-refractivity contribution is 8.00. The average Bonchev–Trinajstić information content (AvgIpc) is 2.35. The maximum absolute atomic E-state index is 12.5. The smallest absolute Gasteiger partial charge is 0.398 e. The molecule has 0 radical (unpaired) electrons. The van der Waals surface area contributed by atoms with Gasteiger partial charge in [-0.2, -0.15) is 13.2 Å². The molecule has 1 rings (SSSR count). The Morgan fingerprint density at radius 2 is 1.95 bits per heavy atom. The van der Waals surface area contributed by atoms with Gasteiger partial charge in [0.25, 0.3) is 0 Å². The van der Waals surface area contributed by atoms with Crippen molar-refractivity contribution in [2.75, 3.05) is 11.5 Å². The number of nitrogens with one attached hydrogen (secondary N) is 1. The first-order valence-corrected chi connectivity index (χ1v) is 7.48. The zero-order valence-corrected chi connectivity index (χ0v) is 12.9. The third-order valence-electron chi connectivity index (χ3n) is 3.08. The molecule has 0 aromatic heterocycles. The maximum Gasteiger partial charge on any atom is 0.416 e. The number of carbonyl (C=O) groups excluding carboxylic acids is 1. The van der Waals surface area contributed by atoms with Crippen LogP contribution >= 0.6 is 11.8 Å². The van der Waals surface area contributed by atoms with E-state index in [1.807, 2.05) is 20.8 Å². The van der Waals surface area contributed by atoms with Gasteiger partial charge in [-0.05, 0) is 31.0 Å². The van der Waals surface area contributed by atoms with Crippen molar-refractivity contribution < 1.29 is 18.0 Å². The van der Waals surface area contributed by atoms with E-state index in [4.69, 9.17) is 5.73 Å². The Labute approximate surface area is 126 Å². The number of halogens is 3. The van der Waals surface area contributed by atoms with Gasteiger partial charge in [-0.1, -0.05) is 13.8 Å². The van der Waals surface area contributed by atoms with E-state index in [1.165, 1.54) is 6.07 Å². The van der Waals surface area contributed by atoms with Crippen LogP contribution in [0.25, 0.3) is 0 Å². The van der Waals surface area contributed by atoms with Crippen molar-refractivity contribution in [1.82, 2.24) is 5.32 Å². The monoisotopic (exact) mass is 320 g/mol. The van der Waals surface area contributed by atoms with Crippen LogP contribution in [0.4, 0.5) is 18.9 Å². The zero-order valence-electron chi connectivity index (χ0n) is 12.1. The summed E-state index contributed by atoms with van der Waals surface area (Å²) in [5, 5.41) is 2.82. The van der Waals surface area contributed by atoms with E-state index < -0.39 is 11.7 Å². The summed E-state index contributed by atoms with van der Waals surface area (Å²) < 4.78 is 37.5. The molecule has 1 unspecified atom stereocenters. The van der Waals surface area contributed by atoms with Crippen molar-refractivity contribution in [3.05, 3.63) is 23.8 Å². The number of alkyl halides is 3. The molecule has 0 spiro atoms. The van der Waals surface area contributed by atoms with Crippen LogP contribution in [0.5, 0.6) is 0 Å². The third-order valence-corrected chi connectivity index (χ3v) is 4.17. The summed E-state index contributed by atoms with van der Waals surface area (Å²) in [5.74, 6) is 0.266. The van der Waals surface area contributed by atoms with Crippen LogP contribution in [0, 0.1) is 5.92 Å². The van der Waals surface area contributed by atoms with Crippen molar-refractivity contribution >= 4 is 23.4 Å². The van der Waals surface area contributed by atoms with Crippen LogP contribution in [-0.4, -0.2) is 17.7 Å². The molecule has 0 fully saturated rings. The van der Waals surface area contributed by atoms with Gasteiger partial charge in [-0.15, -0.1) is 11.8 Å². The number of carbonyl (C=O) groups is 1. The Morgan fingerprint density at radius 3 is 2.43 bits per heavy atom. The molecule has 3 N–H and O–H groups in total. The van der Waals surface area contributed by atoms with Crippen LogP contribution < -0.4 is 11.1 Å². The second-order valence-corrected chi connectivity index (χ2v) is 6.16. The van der Waals surface area contributed by atoms with Crippen LogP contribution in [0.2, 0.25) is 0 Å². The second kappa shape index (κ2) is 7.06. The molecule has 0 saturated carbocycles. The summed E-state index contributed by atoms with van der Waals surface area (Å²) in [6.07, 6.45) is -4.42. The molecule has 1 amide bonds. The first-order chi connectivity index (χ1) is 9.61. The fourth-order valence-electron chi connectivity index (χ4n) is 1.46. The SMILES string of the molecule is CC(C)C(C)NC(=O)CSc1ccc(C(F)(F)F)cc1N. The Kier molecular flexibility index (Phi) is 5.95. The molecule has 1 atom stereocenters. The van der Waals surface area contributed by atoms with E-state index in [1.54, 1.807) is 0 Å². The largest absolute Gasteiger partial charge is 0.416 e. The van der Waals surface area contributed by atoms with Crippen LogP contribution in [0.15, 0.2) is 23.1 Å². The minimum Gasteiger partial charge on any atom is -0.398 e. The Morgan fingerprint density at radius 1 is 1.33 bits per heavy atom. The van der Waals surface area contributed by atoms with Gasteiger partial charge in [0.15, 0.2) is 0 Å². The van der Waals surface area contributed by atoms with Gasteiger partial charge in [0.2, 0.25) is 5.91 Å². The predicted octanol–water partition coefficient (Wildman–Crippen LogP) is 3.54. The van der Waals surface area contributed by atoms with Gasteiger partial charge in [0, 0.05) is 16.6 Å². The molecule has 0 saturated heterocycles. The summed E-state index contributed by atoms with van der Waals surface area (Å²) in [6, 6.07) is 3.19. The number of rotatable bonds is 5. The average molecular weight is 320 g/mol. The lowest BCUT2D eigenvalue weighted by Gasteiger charge is -2.17. The molecule has 0 bridgehead atoms. The van der Waals surface area contributed by atoms with Crippen molar-refractivity contribution in [1.29, 1.82) is 0 Å². The van der Waals surface area contributed by atoms with Crippen LogP contribution in [0.1, 0.15) is 26.3 Å². The van der Waals surface area contributed by atoms with E-state index in [0.717, 1.165) is 23.9 Å². The van der Waals surface area contributed by atoms with Crippen molar-refractivity contribution in [3.63, 3.8) is 0 Å². The van der Waals surface area contributed by atoms with Crippen molar-refractivity contribution in [3.8, 4) is 0 Å². The molecule has 118 valence electrons. The quantitative estimate of drug-likeness (QED) is 0.644. The summed E-state index contributed by atoms with van der Waals surface area (Å²) in [7, 11) is 0. The topological polar surface area (TPSA) is 55.1 Å². The van der Waals surface area contributed by atoms with Gasteiger partial charge in [-0.25, -0.2) is 0 Å². The fourth-order valence-corrected chi connectivity index (χ4v) is 2.22. The summed E-state index contributed by atoms with van der Waals surface area (Å²) in [4.78, 5) is 12.2. The van der Waals surface area contributed by atoms with Gasteiger partial charge >= 0.3 is 6.18 Å². The Bertz CT molecular complexity index is 503. The highest BCUT2D eigenvalue weighted by Crippen LogP contribution is 2.34. The van der Waals surface area contributed by atoms with E-state index in [9.17, 15) is 18.0 Å². The summed E-state index contributed by atoms with van der Waals surface area (Å²) in [6.45, 7) is 5.89. The molecule has 0 heterocycles. The van der Waals surface area contributed by atoms with Gasteiger partial charge in [0.05, 0.1) is 11.3 Å². The number of benzene rings is 1. The number of amides is 1. The van der Waals surface area contributed by atoms with Crippen molar-refractivity contribution in [2.45, 2.75) is 37.9 Å². The van der Waals surface area contributed by atoms with Gasteiger partial charge in [-0.3, -0.25) is 4.79 Å². The second-order valence-electron chi connectivity index (χ2n) is 5.14. The normalized spacial score (nSPS) is 13.3. The summed E-state index contributed by atoms with van der Waals surface area (Å²) in [5.41, 5.74) is 4.84. The lowest BCUT2D eigenvalue weighted by Crippen LogP contribution is -2.37. The van der Waals surface area contributed by atoms with Crippen molar-refractivity contribution in [2.24, 2.45) is 5.92 Å². The highest BCUT2D eigenvalue weighted by Gasteiger charge is 2.30. The molecule has 21 heavy (non-hydrogen) atoms. The maximum atomic E-state index is 12.5. The van der Waals surface area contributed by atoms with E-state index >= 15 is 0 Å². The standard InChI is InChI=1S/C14H19F3N2OS/c1-8(2)9(3)19-13(20)7-21-12-5-4-10(6-11(12)18)14(15,16)17/h4-6,8-9H,7,18H2,1-3H3,(H,19,20). The van der Waals surface area contributed by atoms with Gasteiger partial charge < -0.3 is 11.1 Å². The predicted molar refractivity (Wildman–Crippen MR) is 79.0 cm³/mol. The zero-order chi connectivity index (χ0) is 16.2. The van der Waals surface area contributed by atoms with Crippen LogP contribution in [-0.2, 0) is 11.0 Å². The molecule has 1 aromatic rings. The third kappa shape index (κ3) is 5.49. The van der Waals surface area contributed by atoms with Gasteiger partial charge in [0.1, 0.15) is 0 Å². The molecule has 0 aliphatic heterocycles. The van der Waals surface area contributed by atoms with E-state index in [-0.39, 0.29) is 23.4 Å². The first kappa shape index (κ1) is 17.7. The number of anilines is 1. The molecule has 7 heteroatoms. The Balaban J connectivity index is 2.62. The first-order valence-electron chi connectivity index (χ1n) is 6.50. The van der Waals surface area contributed by atoms with E-state index in [2.05, 4.69) is 5.32 Å². The highest BCUT2D eigenvalue weighted by atomic mass is 32.2. The molecule has 0 aliphatic carbocycles. The molecule has 0 aliphatic rings. The molecule has 3 nitrogen and oxygen atoms in total.